The molecule has 3 N–H and O–H groups in total. The first-order chi connectivity index (χ1) is 44.0. The average molecular weight is 1250 g/mol. The first kappa shape index (κ1) is 87.3. The Morgan fingerprint density at radius 1 is 0.315 bits per heavy atom. The van der Waals surface area contributed by atoms with Crippen molar-refractivity contribution in [1.29, 1.82) is 0 Å². The van der Waals surface area contributed by atoms with Crippen LogP contribution in [0.2, 0.25) is 0 Å². The van der Waals surface area contributed by atoms with Gasteiger partial charge in [-0.15, -0.1) is 0 Å². The third kappa shape index (κ3) is 75.3. The fourth-order valence-electron chi connectivity index (χ4n) is 13.3. The number of amides is 1. The van der Waals surface area contributed by atoms with Crippen LogP contribution in [0.4, 0.5) is 0 Å². The van der Waals surface area contributed by atoms with Crippen molar-refractivity contribution >= 4 is 11.9 Å². The standard InChI is InChI=1S/C83H161NO5/c1-3-5-7-9-11-13-15-17-19-21-22-23-24-35-38-41-44-47-51-55-59-63-67-71-75-81(86)80(79-85)84-82(87)76-72-68-64-60-56-52-48-45-42-39-36-33-31-29-27-25-26-28-30-32-34-37-40-43-46-50-54-58-62-66-70-74-78-89-83(88)77-73-69-65-61-57-53-49-20-18-16-14-12-10-8-6-4-2/h14,16,20,49,80-81,85-86H,3-13,15,17-19,21-48,50-79H2,1-2H3,(H,84,87)/b16-14-,49-20-. The van der Waals surface area contributed by atoms with Gasteiger partial charge in [0.05, 0.1) is 25.4 Å². The van der Waals surface area contributed by atoms with Gasteiger partial charge in [-0.25, -0.2) is 0 Å². The number of carbonyl (C=O) groups is 2. The van der Waals surface area contributed by atoms with Gasteiger partial charge in [0.15, 0.2) is 0 Å². The quantitative estimate of drug-likeness (QED) is 0.0320. The van der Waals surface area contributed by atoms with E-state index >= 15 is 0 Å². The molecule has 0 heterocycles. The van der Waals surface area contributed by atoms with Crippen LogP contribution < -0.4 is 5.32 Å². The van der Waals surface area contributed by atoms with E-state index in [0.717, 1.165) is 51.4 Å². The third-order valence-electron chi connectivity index (χ3n) is 19.5. The van der Waals surface area contributed by atoms with Crippen molar-refractivity contribution in [1.82, 2.24) is 5.32 Å². The Hall–Kier alpha value is -1.66. The molecule has 0 radical (unpaired) electrons. The zero-order valence-electron chi connectivity index (χ0n) is 60.7. The highest BCUT2D eigenvalue weighted by Gasteiger charge is 2.20. The summed E-state index contributed by atoms with van der Waals surface area (Å²) in [7, 11) is 0. The lowest BCUT2D eigenvalue weighted by molar-refractivity contribution is -0.143. The molecule has 0 fully saturated rings. The van der Waals surface area contributed by atoms with E-state index in [4.69, 9.17) is 4.74 Å². The number of unbranched alkanes of at least 4 members (excludes halogenated alkanes) is 63. The van der Waals surface area contributed by atoms with Gasteiger partial charge in [-0.05, 0) is 57.8 Å². The van der Waals surface area contributed by atoms with Gasteiger partial charge in [0.25, 0.3) is 0 Å². The Balaban J connectivity index is 3.33. The van der Waals surface area contributed by atoms with Crippen molar-refractivity contribution < 1.29 is 24.5 Å². The molecule has 1 amide bonds. The fourth-order valence-corrected chi connectivity index (χ4v) is 13.3. The number of aliphatic hydroxyl groups excluding tert-OH is 2. The molecule has 0 aromatic carbocycles. The molecule has 0 saturated heterocycles. The molecule has 2 unspecified atom stereocenters. The second-order valence-corrected chi connectivity index (χ2v) is 28.5. The van der Waals surface area contributed by atoms with E-state index in [-0.39, 0.29) is 18.5 Å². The van der Waals surface area contributed by atoms with Gasteiger partial charge in [-0.2, -0.15) is 0 Å². The number of allylic oxidation sites excluding steroid dienone is 4. The lowest BCUT2D eigenvalue weighted by Crippen LogP contribution is -2.45. The summed E-state index contributed by atoms with van der Waals surface area (Å²) in [6, 6.07) is -0.539. The van der Waals surface area contributed by atoms with Crippen LogP contribution >= 0.6 is 0 Å². The van der Waals surface area contributed by atoms with Crippen LogP contribution in [0, 0.1) is 0 Å². The number of aliphatic hydroxyl groups is 2. The molecule has 89 heavy (non-hydrogen) atoms. The summed E-state index contributed by atoms with van der Waals surface area (Å²) in [5.74, 6) is -0.0156. The molecular formula is C83H161NO5. The van der Waals surface area contributed by atoms with E-state index < -0.39 is 12.1 Å². The van der Waals surface area contributed by atoms with Crippen molar-refractivity contribution in [3.05, 3.63) is 24.3 Å². The number of hydrogen-bond acceptors (Lipinski definition) is 5. The first-order valence-electron chi connectivity index (χ1n) is 41.1. The molecule has 0 aliphatic carbocycles. The van der Waals surface area contributed by atoms with Gasteiger partial charge in [-0.1, -0.05) is 423 Å². The molecule has 6 heteroatoms. The second kappa shape index (κ2) is 78.8. The van der Waals surface area contributed by atoms with E-state index in [1.165, 1.54) is 385 Å². The predicted octanol–water partition coefficient (Wildman–Crippen LogP) is 27.2. The number of nitrogens with one attached hydrogen (secondary N) is 1. The van der Waals surface area contributed by atoms with Crippen molar-refractivity contribution in [3.63, 3.8) is 0 Å². The van der Waals surface area contributed by atoms with Gasteiger partial charge in [0, 0.05) is 12.8 Å². The highest BCUT2D eigenvalue weighted by Crippen LogP contribution is 2.21. The van der Waals surface area contributed by atoms with Gasteiger partial charge < -0.3 is 20.3 Å². The summed E-state index contributed by atoms with van der Waals surface area (Å²) < 4.78 is 5.50. The van der Waals surface area contributed by atoms with E-state index in [0.29, 0.717) is 25.9 Å². The smallest absolute Gasteiger partial charge is 0.305 e. The summed E-state index contributed by atoms with van der Waals surface area (Å²) in [6.45, 7) is 4.99. The van der Waals surface area contributed by atoms with Crippen molar-refractivity contribution in [2.75, 3.05) is 13.2 Å². The Morgan fingerprint density at radius 2 is 0.562 bits per heavy atom. The lowest BCUT2D eigenvalue weighted by Gasteiger charge is -2.22. The number of carbonyl (C=O) groups excluding carboxylic acids is 2. The molecule has 6 nitrogen and oxygen atoms in total. The SMILES string of the molecule is CCCCCC/C=C\C/C=C\CCCCCCCC(=O)OCCCCCCCCCCCCCCCCCCCCCCCCCCCCCCCCCCC(=O)NC(CO)C(O)CCCCCCCCCCCCCCCCCCCCCCCCCC. The summed E-state index contributed by atoms with van der Waals surface area (Å²) in [5, 5.41) is 23.5. The Kier molecular flexibility index (Phi) is 77.3. The van der Waals surface area contributed by atoms with Crippen LogP contribution in [0.25, 0.3) is 0 Å². The van der Waals surface area contributed by atoms with Gasteiger partial charge >= 0.3 is 5.97 Å². The van der Waals surface area contributed by atoms with Crippen LogP contribution in [0.15, 0.2) is 24.3 Å². The van der Waals surface area contributed by atoms with Crippen molar-refractivity contribution in [2.45, 2.75) is 482 Å². The minimum atomic E-state index is -0.663. The number of ether oxygens (including phenoxy) is 1. The van der Waals surface area contributed by atoms with Crippen LogP contribution in [0.5, 0.6) is 0 Å². The van der Waals surface area contributed by atoms with Crippen LogP contribution in [0.3, 0.4) is 0 Å². The van der Waals surface area contributed by atoms with E-state index in [2.05, 4.69) is 43.5 Å². The number of esters is 1. The molecule has 0 rings (SSSR count). The molecule has 0 aromatic rings. The lowest BCUT2D eigenvalue weighted by atomic mass is 10.0. The van der Waals surface area contributed by atoms with Gasteiger partial charge in [0.1, 0.15) is 0 Å². The van der Waals surface area contributed by atoms with Crippen molar-refractivity contribution in [3.8, 4) is 0 Å². The first-order valence-corrected chi connectivity index (χ1v) is 41.1. The zero-order chi connectivity index (χ0) is 64.2. The summed E-state index contributed by atoms with van der Waals surface area (Å²) in [4.78, 5) is 24.7. The normalized spacial score (nSPS) is 12.5. The molecule has 528 valence electrons. The largest absolute Gasteiger partial charge is 0.466 e. The maximum absolute atomic E-state index is 12.6. The Bertz CT molecular complexity index is 1400. The molecule has 0 aromatic heterocycles. The average Bonchev–Trinajstić information content (AvgIpc) is 3.60. The van der Waals surface area contributed by atoms with E-state index in [9.17, 15) is 19.8 Å². The molecule has 0 bridgehead atoms. The second-order valence-electron chi connectivity index (χ2n) is 28.5. The molecule has 0 aliphatic rings. The van der Waals surface area contributed by atoms with Gasteiger partial charge in [0.2, 0.25) is 5.91 Å². The highest BCUT2D eigenvalue weighted by atomic mass is 16.5. The topological polar surface area (TPSA) is 95.9 Å². The minimum absolute atomic E-state index is 0.00881. The minimum Gasteiger partial charge on any atom is -0.466 e. The number of rotatable bonds is 78. The fraction of sp³-hybridized carbons (Fsp3) is 0.928. The van der Waals surface area contributed by atoms with E-state index in [1.807, 2.05) is 0 Å². The highest BCUT2D eigenvalue weighted by molar-refractivity contribution is 5.76. The molecular weight excluding hydrogens is 1090 g/mol. The summed E-state index contributed by atoms with van der Waals surface area (Å²) in [5.41, 5.74) is 0. The molecule has 0 saturated carbocycles. The summed E-state index contributed by atoms with van der Waals surface area (Å²) in [6.07, 6.45) is 101. The third-order valence-corrected chi connectivity index (χ3v) is 19.5. The van der Waals surface area contributed by atoms with Crippen LogP contribution in [-0.2, 0) is 14.3 Å². The van der Waals surface area contributed by atoms with E-state index in [1.54, 1.807) is 0 Å². The maximum atomic E-state index is 12.6. The Morgan fingerprint density at radius 3 is 0.865 bits per heavy atom. The molecule has 2 atom stereocenters. The predicted molar refractivity (Wildman–Crippen MR) is 393 cm³/mol. The Labute approximate surface area is 558 Å². The van der Waals surface area contributed by atoms with Crippen molar-refractivity contribution in [2.24, 2.45) is 0 Å². The van der Waals surface area contributed by atoms with Gasteiger partial charge in [-0.3, -0.25) is 9.59 Å². The summed E-state index contributed by atoms with van der Waals surface area (Å²) >= 11 is 0. The molecule has 0 aliphatic heterocycles. The van der Waals surface area contributed by atoms with Crippen LogP contribution in [-0.4, -0.2) is 47.4 Å². The monoisotopic (exact) mass is 1250 g/mol. The van der Waals surface area contributed by atoms with Crippen LogP contribution in [0.1, 0.15) is 470 Å². The zero-order valence-corrected chi connectivity index (χ0v) is 60.7. The maximum Gasteiger partial charge on any atom is 0.305 e. The number of hydrogen-bond donors (Lipinski definition) is 3. The molecule has 0 spiro atoms.